The molecule has 2 atom stereocenters. The Morgan fingerprint density at radius 3 is 2.69 bits per heavy atom. The normalized spacial score (nSPS) is 29.2. The van der Waals surface area contributed by atoms with Crippen molar-refractivity contribution < 1.29 is 0 Å². The highest BCUT2D eigenvalue weighted by molar-refractivity contribution is 9.09. The number of halogens is 1. The van der Waals surface area contributed by atoms with Crippen molar-refractivity contribution in [1.82, 2.24) is 4.90 Å². The molecule has 0 aromatic rings. The van der Waals surface area contributed by atoms with Gasteiger partial charge in [-0.2, -0.15) is 0 Å². The molecule has 1 heterocycles. The number of nitrogens with zero attached hydrogens (tertiary/aromatic N) is 1. The lowest BCUT2D eigenvalue weighted by Gasteiger charge is -2.22. The third kappa shape index (κ3) is 3.10. The van der Waals surface area contributed by atoms with Crippen LogP contribution in [0, 0.1) is 5.92 Å². The highest BCUT2D eigenvalue weighted by Gasteiger charge is 2.28. The van der Waals surface area contributed by atoms with E-state index in [0.717, 1.165) is 23.8 Å². The summed E-state index contributed by atoms with van der Waals surface area (Å²) in [7, 11) is 0. The predicted octanol–water partition coefficient (Wildman–Crippen LogP) is 3.06. The van der Waals surface area contributed by atoms with Crippen LogP contribution in [0.3, 0.4) is 0 Å². The standard InChI is InChI=1S/C11H20BrN/c1-9(2)4-6-13-7-5-11(8-12)10(13)3/h4,10-11H,5-8H2,1-3H3. The van der Waals surface area contributed by atoms with Gasteiger partial charge in [0.15, 0.2) is 0 Å². The van der Waals surface area contributed by atoms with E-state index in [9.17, 15) is 0 Å². The summed E-state index contributed by atoms with van der Waals surface area (Å²) in [6.07, 6.45) is 3.68. The third-order valence-electron chi connectivity index (χ3n) is 2.98. The van der Waals surface area contributed by atoms with Crippen LogP contribution >= 0.6 is 15.9 Å². The van der Waals surface area contributed by atoms with Gasteiger partial charge in [-0.25, -0.2) is 0 Å². The average Bonchev–Trinajstić information content (AvgIpc) is 2.43. The van der Waals surface area contributed by atoms with Gasteiger partial charge in [-0.05, 0) is 39.7 Å². The summed E-state index contributed by atoms with van der Waals surface area (Å²) in [5, 5.41) is 1.15. The summed E-state index contributed by atoms with van der Waals surface area (Å²) < 4.78 is 0. The van der Waals surface area contributed by atoms with Crippen molar-refractivity contribution in [3.05, 3.63) is 11.6 Å². The highest BCUT2D eigenvalue weighted by atomic mass is 79.9. The van der Waals surface area contributed by atoms with Gasteiger partial charge in [-0.3, -0.25) is 4.90 Å². The molecule has 0 aliphatic carbocycles. The first-order valence-corrected chi connectivity index (χ1v) is 6.20. The second-order valence-electron chi connectivity index (χ2n) is 4.22. The van der Waals surface area contributed by atoms with E-state index in [1.165, 1.54) is 18.5 Å². The molecule has 13 heavy (non-hydrogen) atoms. The Kier molecular flexibility index (Phi) is 4.47. The van der Waals surface area contributed by atoms with Gasteiger partial charge < -0.3 is 0 Å². The Bertz CT molecular complexity index is 185. The molecule has 0 spiro atoms. The maximum absolute atomic E-state index is 3.58. The zero-order chi connectivity index (χ0) is 9.84. The van der Waals surface area contributed by atoms with Gasteiger partial charge in [0.2, 0.25) is 0 Å². The van der Waals surface area contributed by atoms with Crippen molar-refractivity contribution in [3.8, 4) is 0 Å². The molecule has 1 aliphatic rings. The minimum atomic E-state index is 0.745. The van der Waals surface area contributed by atoms with Crippen LogP contribution in [0.4, 0.5) is 0 Å². The van der Waals surface area contributed by atoms with Crippen LogP contribution in [0.25, 0.3) is 0 Å². The zero-order valence-corrected chi connectivity index (χ0v) is 10.5. The minimum Gasteiger partial charge on any atom is -0.297 e. The monoisotopic (exact) mass is 245 g/mol. The molecule has 76 valence electrons. The predicted molar refractivity (Wildman–Crippen MR) is 62.4 cm³/mol. The Hall–Kier alpha value is 0.180. The smallest absolute Gasteiger partial charge is 0.0168 e. The molecule has 0 bridgehead atoms. The number of likely N-dealkylation sites (tertiary alicyclic amines) is 1. The van der Waals surface area contributed by atoms with E-state index in [4.69, 9.17) is 0 Å². The van der Waals surface area contributed by atoms with Crippen LogP contribution in [0.15, 0.2) is 11.6 Å². The molecule has 1 nitrogen and oxygen atoms in total. The molecule has 1 saturated heterocycles. The van der Waals surface area contributed by atoms with Crippen molar-refractivity contribution in [1.29, 1.82) is 0 Å². The fourth-order valence-electron chi connectivity index (χ4n) is 1.84. The molecule has 0 aromatic heterocycles. The maximum Gasteiger partial charge on any atom is 0.0168 e. The fourth-order valence-corrected chi connectivity index (χ4v) is 2.70. The van der Waals surface area contributed by atoms with Crippen molar-refractivity contribution in [2.75, 3.05) is 18.4 Å². The summed E-state index contributed by atoms with van der Waals surface area (Å²) in [4.78, 5) is 2.57. The lowest BCUT2D eigenvalue weighted by atomic mass is 10.1. The molecular weight excluding hydrogens is 226 g/mol. The summed E-state index contributed by atoms with van der Waals surface area (Å²) in [5.74, 6) is 0.852. The molecule has 2 unspecified atom stereocenters. The van der Waals surface area contributed by atoms with Crippen LogP contribution in [0.2, 0.25) is 0 Å². The topological polar surface area (TPSA) is 3.24 Å². The van der Waals surface area contributed by atoms with E-state index in [1.807, 2.05) is 0 Å². The maximum atomic E-state index is 3.58. The zero-order valence-electron chi connectivity index (χ0n) is 8.89. The average molecular weight is 246 g/mol. The lowest BCUT2D eigenvalue weighted by molar-refractivity contribution is 0.274. The van der Waals surface area contributed by atoms with Crippen LogP contribution in [-0.4, -0.2) is 29.4 Å². The molecule has 2 heteroatoms. The number of hydrogen-bond acceptors (Lipinski definition) is 1. The van der Waals surface area contributed by atoms with Crippen LogP contribution in [-0.2, 0) is 0 Å². The molecule has 0 radical (unpaired) electrons. The van der Waals surface area contributed by atoms with E-state index in [1.54, 1.807) is 0 Å². The summed E-state index contributed by atoms with van der Waals surface area (Å²) in [6, 6.07) is 0.745. The Balaban J connectivity index is 2.41. The molecule has 0 amide bonds. The van der Waals surface area contributed by atoms with Gasteiger partial charge in [0.1, 0.15) is 0 Å². The van der Waals surface area contributed by atoms with Crippen molar-refractivity contribution in [3.63, 3.8) is 0 Å². The lowest BCUT2D eigenvalue weighted by Crippen LogP contribution is -2.30. The van der Waals surface area contributed by atoms with E-state index in [-0.39, 0.29) is 0 Å². The first-order chi connectivity index (χ1) is 6.15. The van der Waals surface area contributed by atoms with Gasteiger partial charge in [0.25, 0.3) is 0 Å². The molecule has 0 saturated carbocycles. The van der Waals surface area contributed by atoms with Crippen LogP contribution in [0.5, 0.6) is 0 Å². The van der Waals surface area contributed by atoms with Gasteiger partial charge >= 0.3 is 0 Å². The second kappa shape index (κ2) is 5.16. The minimum absolute atomic E-state index is 0.745. The van der Waals surface area contributed by atoms with Crippen molar-refractivity contribution in [2.45, 2.75) is 33.2 Å². The Morgan fingerprint density at radius 2 is 2.23 bits per heavy atom. The quantitative estimate of drug-likeness (QED) is 0.546. The first kappa shape index (κ1) is 11.3. The third-order valence-corrected chi connectivity index (χ3v) is 3.81. The van der Waals surface area contributed by atoms with E-state index in [2.05, 4.69) is 47.7 Å². The van der Waals surface area contributed by atoms with Gasteiger partial charge in [-0.15, -0.1) is 0 Å². The SMILES string of the molecule is CC(C)=CCN1CCC(CBr)C1C. The number of allylic oxidation sites excluding steroid dienone is 1. The molecule has 1 aliphatic heterocycles. The van der Waals surface area contributed by atoms with Crippen LogP contribution in [0.1, 0.15) is 27.2 Å². The highest BCUT2D eigenvalue weighted by Crippen LogP contribution is 2.25. The second-order valence-corrected chi connectivity index (χ2v) is 4.87. The fraction of sp³-hybridized carbons (Fsp3) is 0.818. The van der Waals surface area contributed by atoms with Gasteiger partial charge in [0.05, 0.1) is 0 Å². The number of rotatable bonds is 3. The van der Waals surface area contributed by atoms with Crippen molar-refractivity contribution in [2.24, 2.45) is 5.92 Å². The summed E-state index contributed by atoms with van der Waals surface area (Å²) in [5.41, 5.74) is 1.43. The summed E-state index contributed by atoms with van der Waals surface area (Å²) in [6.45, 7) is 9.08. The van der Waals surface area contributed by atoms with Gasteiger partial charge in [0, 0.05) is 17.9 Å². The van der Waals surface area contributed by atoms with Gasteiger partial charge in [-0.1, -0.05) is 27.6 Å². The first-order valence-electron chi connectivity index (χ1n) is 5.08. The summed E-state index contributed by atoms with van der Waals surface area (Å²) >= 11 is 3.58. The van der Waals surface area contributed by atoms with Crippen molar-refractivity contribution >= 4 is 15.9 Å². The van der Waals surface area contributed by atoms with E-state index in [0.29, 0.717) is 0 Å². The molecule has 1 rings (SSSR count). The molecular formula is C11H20BrN. The number of hydrogen-bond donors (Lipinski definition) is 0. The Labute approximate surface area is 90.3 Å². The van der Waals surface area contributed by atoms with E-state index >= 15 is 0 Å². The Morgan fingerprint density at radius 1 is 1.54 bits per heavy atom. The van der Waals surface area contributed by atoms with E-state index < -0.39 is 0 Å². The molecule has 0 aromatic carbocycles. The molecule has 1 fully saturated rings. The molecule has 0 N–H and O–H groups in total. The largest absolute Gasteiger partial charge is 0.297 e. The van der Waals surface area contributed by atoms with Crippen LogP contribution < -0.4 is 0 Å². The number of alkyl halides is 1.